The maximum atomic E-state index is 11.4. The van der Waals surface area contributed by atoms with Crippen LogP contribution in [0.25, 0.3) is 0 Å². The van der Waals surface area contributed by atoms with E-state index in [4.69, 9.17) is 14.6 Å². The summed E-state index contributed by atoms with van der Waals surface area (Å²) in [6.07, 6.45) is -0.0915. The van der Waals surface area contributed by atoms with E-state index in [0.717, 1.165) is 0 Å². The van der Waals surface area contributed by atoms with Gasteiger partial charge < -0.3 is 24.5 Å². The van der Waals surface area contributed by atoms with Crippen LogP contribution >= 0.6 is 0 Å². The molecule has 6 nitrogen and oxygen atoms in total. The van der Waals surface area contributed by atoms with Gasteiger partial charge in [0.2, 0.25) is 0 Å². The van der Waals surface area contributed by atoms with Crippen molar-refractivity contribution in [3.05, 3.63) is 12.3 Å². The van der Waals surface area contributed by atoms with Gasteiger partial charge in [0.25, 0.3) is 0 Å². The van der Waals surface area contributed by atoms with Gasteiger partial charge >= 0.3 is 5.97 Å². The van der Waals surface area contributed by atoms with Gasteiger partial charge in [-0.15, -0.1) is 0 Å². The fraction of sp³-hybridized carbons (Fsp3) is 0.636. The quantitative estimate of drug-likeness (QED) is 0.635. The Balaban J connectivity index is 2.50. The zero-order chi connectivity index (χ0) is 12.8. The maximum absolute atomic E-state index is 11.4. The molecule has 6 heteroatoms. The lowest BCUT2D eigenvalue weighted by Crippen LogP contribution is -2.45. The second-order valence-electron chi connectivity index (χ2n) is 3.83. The highest BCUT2D eigenvalue weighted by molar-refractivity contribution is 5.81. The van der Waals surface area contributed by atoms with Crippen LogP contribution in [0.3, 0.4) is 0 Å². The molecule has 1 heterocycles. The lowest BCUT2D eigenvalue weighted by molar-refractivity contribution is -0.167. The standard InChI is InChI=1S/C11H16O6/c1-7(13)2-3-10(15)17-11-8(14)4-5-16-9(11)6-12/h4-5,8-9,11-12,14H,2-3,6H2,1H3/t8-,9-,11+/m1/s1. The Bertz CT molecular complexity index is 311. The van der Waals surface area contributed by atoms with Crippen molar-refractivity contribution >= 4 is 11.8 Å². The molecule has 1 aliphatic rings. The van der Waals surface area contributed by atoms with Gasteiger partial charge in [-0.3, -0.25) is 4.79 Å². The molecule has 96 valence electrons. The molecule has 0 saturated heterocycles. The average Bonchev–Trinajstić information content (AvgIpc) is 2.29. The van der Waals surface area contributed by atoms with Gasteiger partial charge in [-0.05, 0) is 13.0 Å². The lowest BCUT2D eigenvalue weighted by atomic mass is 10.1. The van der Waals surface area contributed by atoms with Crippen molar-refractivity contribution in [3.8, 4) is 0 Å². The molecule has 0 fully saturated rings. The summed E-state index contributed by atoms with van der Waals surface area (Å²) in [6, 6.07) is 0. The van der Waals surface area contributed by atoms with E-state index in [2.05, 4.69) is 0 Å². The number of carbonyl (C=O) groups is 2. The van der Waals surface area contributed by atoms with Crippen molar-refractivity contribution in [2.75, 3.05) is 6.61 Å². The Morgan fingerprint density at radius 3 is 2.71 bits per heavy atom. The van der Waals surface area contributed by atoms with Crippen LogP contribution in [0.1, 0.15) is 19.8 Å². The second kappa shape index (κ2) is 6.36. The number of aliphatic hydroxyl groups excluding tert-OH is 2. The topological polar surface area (TPSA) is 93.1 Å². The van der Waals surface area contributed by atoms with Gasteiger partial charge in [-0.25, -0.2) is 0 Å². The minimum Gasteiger partial charge on any atom is -0.492 e. The van der Waals surface area contributed by atoms with E-state index in [-0.39, 0.29) is 25.2 Å². The summed E-state index contributed by atoms with van der Waals surface area (Å²) in [5.74, 6) is -0.706. The van der Waals surface area contributed by atoms with Crippen LogP contribution in [0.4, 0.5) is 0 Å². The molecular formula is C11H16O6. The number of ether oxygens (including phenoxy) is 2. The van der Waals surface area contributed by atoms with E-state index in [9.17, 15) is 14.7 Å². The summed E-state index contributed by atoms with van der Waals surface area (Å²) in [7, 11) is 0. The Hall–Kier alpha value is -1.40. The van der Waals surface area contributed by atoms with Crippen LogP contribution in [0.5, 0.6) is 0 Å². The molecule has 0 amide bonds. The molecule has 1 rings (SSSR count). The highest BCUT2D eigenvalue weighted by Gasteiger charge is 2.33. The fourth-order valence-corrected chi connectivity index (χ4v) is 1.41. The smallest absolute Gasteiger partial charge is 0.306 e. The Kier molecular flexibility index (Phi) is 5.11. The van der Waals surface area contributed by atoms with Crippen molar-refractivity contribution in [1.29, 1.82) is 0 Å². The maximum Gasteiger partial charge on any atom is 0.306 e. The van der Waals surface area contributed by atoms with E-state index >= 15 is 0 Å². The summed E-state index contributed by atoms with van der Waals surface area (Å²) < 4.78 is 9.98. The SMILES string of the molecule is CC(=O)CCC(=O)O[C@H]1[C@H](O)C=CO[C@@H]1CO. The Morgan fingerprint density at radius 2 is 2.12 bits per heavy atom. The molecule has 0 spiro atoms. The number of Topliss-reactive ketones (excluding diaryl/α,β-unsaturated/α-hetero) is 1. The van der Waals surface area contributed by atoms with Crippen LogP contribution in [-0.4, -0.2) is 46.9 Å². The minimum atomic E-state index is -1.01. The third-order valence-electron chi connectivity index (χ3n) is 2.36. The Labute approximate surface area is 98.8 Å². The first-order chi connectivity index (χ1) is 8.04. The number of ketones is 1. The van der Waals surface area contributed by atoms with Crippen LogP contribution in [0.15, 0.2) is 12.3 Å². The normalized spacial score (nSPS) is 27.4. The van der Waals surface area contributed by atoms with Crippen molar-refractivity contribution in [2.24, 2.45) is 0 Å². The summed E-state index contributed by atoms with van der Waals surface area (Å²) >= 11 is 0. The van der Waals surface area contributed by atoms with Crippen molar-refractivity contribution in [2.45, 2.75) is 38.1 Å². The van der Waals surface area contributed by atoms with Gasteiger partial charge in [0.1, 0.15) is 11.9 Å². The zero-order valence-corrected chi connectivity index (χ0v) is 9.54. The van der Waals surface area contributed by atoms with Crippen LogP contribution in [0.2, 0.25) is 0 Å². The number of aliphatic hydroxyl groups is 2. The molecule has 2 N–H and O–H groups in total. The van der Waals surface area contributed by atoms with Gasteiger partial charge in [-0.2, -0.15) is 0 Å². The molecule has 0 unspecified atom stereocenters. The van der Waals surface area contributed by atoms with E-state index < -0.39 is 24.3 Å². The molecule has 0 radical (unpaired) electrons. The van der Waals surface area contributed by atoms with Gasteiger partial charge in [0.15, 0.2) is 12.2 Å². The van der Waals surface area contributed by atoms with Gasteiger partial charge in [0.05, 0.1) is 19.3 Å². The molecule has 0 aromatic heterocycles. The summed E-state index contributed by atoms with van der Waals surface area (Å²) in [5, 5.41) is 18.6. The summed E-state index contributed by atoms with van der Waals surface area (Å²) in [5.41, 5.74) is 0. The highest BCUT2D eigenvalue weighted by atomic mass is 16.6. The molecular weight excluding hydrogens is 228 g/mol. The van der Waals surface area contributed by atoms with Crippen LogP contribution in [0, 0.1) is 0 Å². The van der Waals surface area contributed by atoms with Gasteiger partial charge in [-0.1, -0.05) is 0 Å². The van der Waals surface area contributed by atoms with Crippen LogP contribution in [-0.2, 0) is 19.1 Å². The molecule has 0 saturated carbocycles. The number of esters is 1. The molecule has 1 aliphatic heterocycles. The first-order valence-corrected chi connectivity index (χ1v) is 5.34. The zero-order valence-electron chi connectivity index (χ0n) is 9.54. The third kappa shape index (κ3) is 4.16. The predicted octanol–water partition coefficient (Wildman–Crippen LogP) is -0.467. The van der Waals surface area contributed by atoms with E-state index in [1.54, 1.807) is 0 Å². The number of hydrogen-bond donors (Lipinski definition) is 2. The van der Waals surface area contributed by atoms with Crippen molar-refractivity contribution in [3.63, 3.8) is 0 Å². The van der Waals surface area contributed by atoms with E-state index in [1.807, 2.05) is 0 Å². The number of carbonyl (C=O) groups excluding carboxylic acids is 2. The minimum absolute atomic E-state index is 0.0413. The molecule has 0 bridgehead atoms. The number of hydrogen-bond acceptors (Lipinski definition) is 6. The Morgan fingerprint density at radius 1 is 1.41 bits per heavy atom. The molecule has 17 heavy (non-hydrogen) atoms. The molecule has 0 aromatic rings. The number of rotatable bonds is 5. The van der Waals surface area contributed by atoms with Crippen molar-refractivity contribution in [1.82, 2.24) is 0 Å². The first-order valence-electron chi connectivity index (χ1n) is 5.34. The monoisotopic (exact) mass is 244 g/mol. The largest absolute Gasteiger partial charge is 0.492 e. The fourth-order valence-electron chi connectivity index (χ4n) is 1.41. The highest BCUT2D eigenvalue weighted by Crippen LogP contribution is 2.16. The summed E-state index contributed by atoms with van der Waals surface area (Å²) in [6.45, 7) is 1.01. The first kappa shape index (κ1) is 13.7. The average molecular weight is 244 g/mol. The van der Waals surface area contributed by atoms with Crippen molar-refractivity contribution < 1.29 is 29.3 Å². The lowest BCUT2D eigenvalue weighted by Gasteiger charge is -2.30. The van der Waals surface area contributed by atoms with E-state index in [1.165, 1.54) is 19.3 Å². The summed E-state index contributed by atoms with van der Waals surface area (Å²) in [4.78, 5) is 22.1. The molecule has 0 aromatic carbocycles. The van der Waals surface area contributed by atoms with E-state index in [0.29, 0.717) is 0 Å². The molecule has 3 atom stereocenters. The van der Waals surface area contributed by atoms with Crippen LogP contribution < -0.4 is 0 Å². The second-order valence-corrected chi connectivity index (χ2v) is 3.83. The predicted molar refractivity (Wildman–Crippen MR) is 56.9 cm³/mol. The molecule has 0 aliphatic carbocycles. The third-order valence-corrected chi connectivity index (χ3v) is 2.36. The van der Waals surface area contributed by atoms with Gasteiger partial charge in [0, 0.05) is 6.42 Å².